The molecular formula is C14H19NO3. The van der Waals surface area contributed by atoms with Crippen LogP contribution in [-0.4, -0.2) is 18.1 Å². The predicted octanol–water partition coefficient (Wildman–Crippen LogP) is 3.03. The van der Waals surface area contributed by atoms with Crippen molar-refractivity contribution in [3.8, 4) is 5.75 Å². The second-order valence-electron chi connectivity index (χ2n) is 4.80. The summed E-state index contributed by atoms with van der Waals surface area (Å²) in [5.74, 6) is 1.08. The lowest BCUT2D eigenvalue weighted by Gasteiger charge is -2.08. The van der Waals surface area contributed by atoms with Crippen molar-refractivity contribution in [1.82, 2.24) is 0 Å². The van der Waals surface area contributed by atoms with Crippen LogP contribution in [0.3, 0.4) is 0 Å². The Morgan fingerprint density at radius 1 is 1.39 bits per heavy atom. The van der Waals surface area contributed by atoms with Gasteiger partial charge in [0.2, 0.25) is 6.04 Å². The summed E-state index contributed by atoms with van der Waals surface area (Å²) in [5, 5.41) is 11.0. The third-order valence-corrected chi connectivity index (χ3v) is 3.92. The number of hydrogen-bond donors (Lipinski definition) is 0. The molecule has 0 radical (unpaired) electrons. The van der Waals surface area contributed by atoms with Crippen molar-refractivity contribution in [1.29, 1.82) is 0 Å². The highest BCUT2D eigenvalue weighted by atomic mass is 16.6. The molecule has 0 bridgehead atoms. The number of nitrogens with zero attached hydrogens (tertiary/aromatic N) is 1. The summed E-state index contributed by atoms with van der Waals surface area (Å²) in [5.41, 5.74) is 2.19. The summed E-state index contributed by atoms with van der Waals surface area (Å²) in [6.07, 6.45) is 1.76. The lowest BCUT2D eigenvalue weighted by molar-refractivity contribution is -0.499. The average molecular weight is 249 g/mol. The molecule has 0 aromatic heterocycles. The molecule has 0 saturated heterocycles. The number of benzene rings is 1. The minimum atomic E-state index is -0.410. The molecule has 2 rings (SSSR count). The van der Waals surface area contributed by atoms with Gasteiger partial charge in [-0.15, -0.1) is 0 Å². The molecule has 1 aromatic rings. The van der Waals surface area contributed by atoms with Crippen molar-refractivity contribution in [2.24, 2.45) is 5.92 Å². The summed E-state index contributed by atoms with van der Waals surface area (Å²) >= 11 is 0. The van der Waals surface area contributed by atoms with Gasteiger partial charge < -0.3 is 4.74 Å². The van der Waals surface area contributed by atoms with Crippen LogP contribution < -0.4 is 4.74 Å². The van der Waals surface area contributed by atoms with Crippen molar-refractivity contribution in [3.63, 3.8) is 0 Å². The Balaban J connectivity index is 2.27. The molecule has 18 heavy (non-hydrogen) atoms. The van der Waals surface area contributed by atoms with E-state index in [9.17, 15) is 10.1 Å². The van der Waals surface area contributed by atoms with Gasteiger partial charge in [0.25, 0.3) is 0 Å². The van der Waals surface area contributed by atoms with E-state index in [1.165, 1.54) is 0 Å². The number of ether oxygens (including phenoxy) is 1. The molecule has 0 aliphatic heterocycles. The largest absolute Gasteiger partial charge is 0.496 e. The van der Waals surface area contributed by atoms with Crippen molar-refractivity contribution in [3.05, 3.63) is 39.4 Å². The monoisotopic (exact) mass is 249 g/mol. The number of methoxy groups -OCH3 is 1. The van der Waals surface area contributed by atoms with E-state index in [0.717, 1.165) is 29.7 Å². The van der Waals surface area contributed by atoms with Gasteiger partial charge in [-0.25, -0.2) is 0 Å². The molecule has 1 aliphatic carbocycles. The van der Waals surface area contributed by atoms with E-state index in [1.807, 2.05) is 25.1 Å². The highest BCUT2D eigenvalue weighted by Gasteiger charge is 2.59. The summed E-state index contributed by atoms with van der Waals surface area (Å²) in [7, 11) is 1.65. The smallest absolute Gasteiger partial charge is 0.224 e. The van der Waals surface area contributed by atoms with Crippen LogP contribution in [0.25, 0.3) is 0 Å². The fraction of sp³-hybridized carbons (Fsp3) is 0.571. The number of aryl methyl sites for hydroxylation is 1. The second-order valence-corrected chi connectivity index (χ2v) is 4.80. The first-order chi connectivity index (χ1) is 8.63. The van der Waals surface area contributed by atoms with Crippen LogP contribution in [-0.2, 0) is 6.42 Å². The van der Waals surface area contributed by atoms with Gasteiger partial charge in [0, 0.05) is 10.8 Å². The molecule has 1 aliphatic rings. The van der Waals surface area contributed by atoms with Gasteiger partial charge in [-0.3, -0.25) is 10.1 Å². The Bertz CT molecular complexity index is 458. The summed E-state index contributed by atoms with van der Waals surface area (Å²) < 4.78 is 5.35. The minimum absolute atomic E-state index is 0.0600. The predicted molar refractivity (Wildman–Crippen MR) is 69.7 cm³/mol. The van der Waals surface area contributed by atoms with Crippen LogP contribution in [0.1, 0.15) is 37.3 Å². The fourth-order valence-corrected chi connectivity index (χ4v) is 2.84. The zero-order valence-corrected chi connectivity index (χ0v) is 11.1. The van der Waals surface area contributed by atoms with Gasteiger partial charge in [-0.1, -0.05) is 26.0 Å². The number of nitro groups is 1. The first kappa shape index (κ1) is 12.9. The molecule has 0 spiro atoms. The summed E-state index contributed by atoms with van der Waals surface area (Å²) in [6.45, 7) is 4.09. The van der Waals surface area contributed by atoms with Gasteiger partial charge in [0.05, 0.1) is 13.0 Å². The molecule has 98 valence electrons. The standard InChI is InChI=1S/C14H19NO3/c1-4-9-6-7-10(8-12(9)18-3)13-11(5-2)14(13)15(16)17/h6-8,11,13-14H,4-5H2,1-3H3. The molecule has 4 heteroatoms. The third-order valence-electron chi connectivity index (χ3n) is 3.92. The minimum Gasteiger partial charge on any atom is -0.496 e. The lowest BCUT2D eigenvalue weighted by Crippen LogP contribution is -2.04. The van der Waals surface area contributed by atoms with E-state index in [0.29, 0.717) is 0 Å². The Morgan fingerprint density at radius 3 is 2.56 bits per heavy atom. The normalized spacial score (nSPS) is 25.8. The molecule has 1 saturated carbocycles. The van der Waals surface area contributed by atoms with Crippen LogP contribution in [0.15, 0.2) is 18.2 Å². The van der Waals surface area contributed by atoms with Gasteiger partial charge in [0.1, 0.15) is 5.75 Å². The van der Waals surface area contributed by atoms with E-state index in [1.54, 1.807) is 7.11 Å². The SMILES string of the molecule is CCc1ccc(C2C(CC)C2[N+](=O)[O-])cc1OC. The highest BCUT2D eigenvalue weighted by molar-refractivity contribution is 5.41. The molecule has 1 aromatic carbocycles. The maximum absolute atomic E-state index is 11.0. The summed E-state index contributed by atoms with van der Waals surface area (Å²) in [4.78, 5) is 10.8. The Kier molecular flexibility index (Phi) is 3.55. The lowest BCUT2D eigenvalue weighted by atomic mass is 10.0. The van der Waals surface area contributed by atoms with Crippen LogP contribution >= 0.6 is 0 Å². The zero-order valence-electron chi connectivity index (χ0n) is 11.1. The zero-order chi connectivity index (χ0) is 13.3. The average Bonchev–Trinajstić information content (AvgIpc) is 3.12. The molecule has 3 atom stereocenters. The van der Waals surface area contributed by atoms with E-state index >= 15 is 0 Å². The first-order valence-electron chi connectivity index (χ1n) is 6.44. The van der Waals surface area contributed by atoms with E-state index < -0.39 is 6.04 Å². The van der Waals surface area contributed by atoms with Crippen molar-refractivity contribution in [2.75, 3.05) is 7.11 Å². The van der Waals surface area contributed by atoms with E-state index in [2.05, 4.69) is 6.92 Å². The van der Waals surface area contributed by atoms with E-state index in [-0.39, 0.29) is 16.8 Å². The number of hydrogen-bond acceptors (Lipinski definition) is 3. The van der Waals surface area contributed by atoms with Gasteiger partial charge in [-0.2, -0.15) is 0 Å². The third kappa shape index (κ3) is 2.07. The molecule has 0 amide bonds. The van der Waals surface area contributed by atoms with Crippen LogP contribution in [0.2, 0.25) is 0 Å². The molecule has 3 unspecified atom stereocenters. The maximum atomic E-state index is 11.0. The van der Waals surface area contributed by atoms with Crippen molar-refractivity contribution >= 4 is 0 Å². The first-order valence-corrected chi connectivity index (χ1v) is 6.44. The quantitative estimate of drug-likeness (QED) is 0.595. The summed E-state index contributed by atoms with van der Waals surface area (Å²) in [6, 6.07) is 5.59. The molecule has 0 heterocycles. The van der Waals surface area contributed by atoms with Gasteiger partial charge in [-0.05, 0) is 30.0 Å². The van der Waals surface area contributed by atoms with Crippen LogP contribution in [0.5, 0.6) is 5.75 Å². The maximum Gasteiger partial charge on any atom is 0.224 e. The van der Waals surface area contributed by atoms with Crippen molar-refractivity contribution in [2.45, 2.75) is 38.6 Å². The fourth-order valence-electron chi connectivity index (χ4n) is 2.84. The molecule has 1 fully saturated rings. The Morgan fingerprint density at radius 2 is 2.11 bits per heavy atom. The van der Waals surface area contributed by atoms with Gasteiger partial charge >= 0.3 is 0 Å². The topological polar surface area (TPSA) is 52.4 Å². The molecule has 0 N–H and O–H groups in total. The van der Waals surface area contributed by atoms with Crippen LogP contribution in [0.4, 0.5) is 0 Å². The molecule has 4 nitrogen and oxygen atoms in total. The Hall–Kier alpha value is -1.58. The highest BCUT2D eigenvalue weighted by Crippen LogP contribution is 2.52. The molecular weight excluding hydrogens is 230 g/mol. The van der Waals surface area contributed by atoms with Gasteiger partial charge in [0.15, 0.2) is 0 Å². The Labute approximate surface area is 107 Å². The van der Waals surface area contributed by atoms with E-state index in [4.69, 9.17) is 4.74 Å². The number of rotatable bonds is 5. The van der Waals surface area contributed by atoms with Crippen LogP contribution in [0, 0.1) is 16.0 Å². The van der Waals surface area contributed by atoms with Crippen molar-refractivity contribution < 1.29 is 9.66 Å². The second kappa shape index (κ2) is 4.96.